The van der Waals surface area contributed by atoms with Gasteiger partial charge in [-0.15, -0.1) is 0 Å². The zero-order chi connectivity index (χ0) is 20.8. The molecule has 4 nitrogen and oxygen atoms in total. The van der Waals surface area contributed by atoms with Crippen LogP contribution in [-0.2, 0) is 11.2 Å². The molecule has 0 N–H and O–H groups in total. The molecule has 2 saturated heterocycles. The number of rotatable bonds is 5. The second-order valence-corrected chi connectivity index (χ2v) is 8.66. The number of piperidine rings is 1. The summed E-state index contributed by atoms with van der Waals surface area (Å²) < 4.78 is 0. The SMILES string of the molecule is O=C(c1ccccc1)N1CCC([C@@H]2CCCCN(CCc3ccccc3)C2=O)CC1. The van der Waals surface area contributed by atoms with Gasteiger partial charge in [-0.3, -0.25) is 9.59 Å². The van der Waals surface area contributed by atoms with E-state index < -0.39 is 0 Å². The third kappa shape index (κ3) is 4.92. The monoisotopic (exact) mass is 404 g/mol. The van der Waals surface area contributed by atoms with Gasteiger partial charge < -0.3 is 9.80 Å². The van der Waals surface area contributed by atoms with Crippen molar-refractivity contribution in [2.24, 2.45) is 11.8 Å². The second-order valence-electron chi connectivity index (χ2n) is 8.66. The summed E-state index contributed by atoms with van der Waals surface area (Å²) in [5.74, 6) is 0.980. The third-order valence-corrected chi connectivity index (χ3v) is 6.75. The highest BCUT2D eigenvalue weighted by atomic mass is 16.2. The van der Waals surface area contributed by atoms with E-state index in [0.29, 0.717) is 11.8 Å². The summed E-state index contributed by atoms with van der Waals surface area (Å²) in [5, 5.41) is 0. The van der Waals surface area contributed by atoms with E-state index in [0.717, 1.165) is 70.3 Å². The van der Waals surface area contributed by atoms with Crippen molar-refractivity contribution in [2.45, 2.75) is 38.5 Å². The molecule has 0 aliphatic carbocycles. The zero-order valence-electron chi connectivity index (χ0n) is 17.7. The van der Waals surface area contributed by atoms with Crippen molar-refractivity contribution in [3.8, 4) is 0 Å². The Hall–Kier alpha value is -2.62. The number of carbonyl (C=O) groups is 2. The first-order valence-electron chi connectivity index (χ1n) is 11.4. The lowest BCUT2D eigenvalue weighted by atomic mass is 9.81. The number of hydrogen-bond donors (Lipinski definition) is 0. The minimum Gasteiger partial charge on any atom is -0.342 e. The molecule has 0 bridgehead atoms. The predicted molar refractivity (Wildman–Crippen MR) is 119 cm³/mol. The molecule has 2 aromatic rings. The van der Waals surface area contributed by atoms with E-state index >= 15 is 0 Å². The first-order chi connectivity index (χ1) is 14.7. The van der Waals surface area contributed by atoms with Gasteiger partial charge in [0.05, 0.1) is 0 Å². The van der Waals surface area contributed by atoms with Crippen molar-refractivity contribution in [3.05, 3.63) is 71.8 Å². The molecule has 2 fully saturated rings. The van der Waals surface area contributed by atoms with Crippen LogP contribution in [-0.4, -0.2) is 47.8 Å². The molecular formula is C26H32N2O2. The van der Waals surface area contributed by atoms with Crippen molar-refractivity contribution in [2.75, 3.05) is 26.2 Å². The van der Waals surface area contributed by atoms with E-state index in [-0.39, 0.29) is 11.8 Å². The number of hydrogen-bond acceptors (Lipinski definition) is 2. The summed E-state index contributed by atoms with van der Waals surface area (Å²) in [6.07, 6.45) is 6.01. The molecule has 158 valence electrons. The number of benzene rings is 2. The van der Waals surface area contributed by atoms with Crippen LogP contribution in [0.25, 0.3) is 0 Å². The second kappa shape index (κ2) is 9.92. The maximum atomic E-state index is 13.3. The van der Waals surface area contributed by atoms with E-state index in [9.17, 15) is 9.59 Å². The van der Waals surface area contributed by atoms with Crippen LogP contribution < -0.4 is 0 Å². The van der Waals surface area contributed by atoms with Gasteiger partial charge in [-0.25, -0.2) is 0 Å². The predicted octanol–water partition coefficient (Wildman–Crippen LogP) is 4.41. The van der Waals surface area contributed by atoms with Gasteiger partial charge in [-0.2, -0.15) is 0 Å². The van der Waals surface area contributed by atoms with Gasteiger partial charge in [0, 0.05) is 37.7 Å². The third-order valence-electron chi connectivity index (χ3n) is 6.75. The van der Waals surface area contributed by atoms with Crippen molar-refractivity contribution < 1.29 is 9.59 Å². The molecule has 1 atom stereocenters. The average molecular weight is 405 g/mol. The highest BCUT2D eigenvalue weighted by molar-refractivity contribution is 5.94. The standard InChI is InChI=1S/C26H32N2O2/c29-25(23-11-5-2-6-12-23)28-19-15-22(16-20-28)24-13-7-8-17-27(26(24)30)18-14-21-9-3-1-4-10-21/h1-6,9-12,22,24H,7-8,13-20H2/t24-/m0/s1. The Balaban J connectivity index is 1.34. The Morgan fingerprint density at radius 1 is 0.833 bits per heavy atom. The van der Waals surface area contributed by atoms with E-state index in [4.69, 9.17) is 0 Å². The molecular weight excluding hydrogens is 372 g/mol. The van der Waals surface area contributed by atoms with Crippen LogP contribution in [0.15, 0.2) is 60.7 Å². The summed E-state index contributed by atoms with van der Waals surface area (Å²) in [5.41, 5.74) is 2.05. The van der Waals surface area contributed by atoms with Gasteiger partial charge >= 0.3 is 0 Å². The molecule has 0 aromatic heterocycles. The lowest BCUT2D eigenvalue weighted by Crippen LogP contribution is -2.44. The molecule has 2 amide bonds. The fraction of sp³-hybridized carbons (Fsp3) is 0.462. The highest BCUT2D eigenvalue weighted by Crippen LogP contribution is 2.32. The topological polar surface area (TPSA) is 40.6 Å². The van der Waals surface area contributed by atoms with Crippen LogP contribution in [0.1, 0.15) is 48.0 Å². The van der Waals surface area contributed by atoms with Gasteiger partial charge in [0.25, 0.3) is 5.91 Å². The summed E-state index contributed by atoms with van der Waals surface area (Å²) in [4.78, 5) is 30.1. The van der Waals surface area contributed by atoms with Crippen LogP contribution in [0.5, 0.6) is 0 Å². The largest absolute Gasteiger partial charge is 0.342 e. The minimum absolute atomic E-state index is 0.116. The Labute approximate surface area is 179 Å². The van der Waals surface area contributed by atoms with Gasteiger partial charge in [0.1, 0.15) is 0 Å². The first kappa shape index (κ1) is 20.6. The van der Waals surface area contributed by atoms with Gasteiger partial charge in [-0.05, 0) is 55.7 Å². The number of carbonyl (C=O) groups excluding carboxylic acids is 2. The Bertz CT molecular complexity index is 829. The molecule has 30 heavy (non-hydrogen) atoms. The fourth-order valence-electron chi connectivity index (χ4n) is 4.97. The summed E-state index contributed by atoms with van der Waals surface area (Å²) in [6, 6.07) is 20.0. The summed E-state index contributed by atoms with van der Waals surface area (Å²) >= 11 is 0. The van der Waals surface area contributed by atoms with Gasteiger partial charge in [0.2, 0.25) is 5.91 Å². The molecule has 0 saturated carbocycles. The van der Waals surface area contributed by atoms with Crippen molar-refractivity contribution >= 4 is 11.8 Å². The van der Waals surface area contributed by atoms with E-state index in [1.54, 1.807) is 0 Å². The zero-order valence-corrected chi connectivity index (χ0v) is 17.7. The van der Waals surface area contributed by atoms with E-state index in [1.165, 1.54) is 5.56 Å². The maximum absolute atomic E-state index is 13.3. The fourth-order valence-corrected chi connectivity index (χ4v) is 4.97. The molecule has 0 radical (unpaired) electrons. The molecule has 2 aliphatic heterocycles. The molecule has 0 unspecified atom stereocenters. The summed E-state index contributed by atoms with van der Waals surface area (Å²) in [7, 11) is 0. The molecule has 4 rings (SSSR count). The maximum Gasteiger partial charge on any atom is 0.253 e. The van der Waals surface area contributed by atoms with Crippen molar-refractivity contribution in [1.29, 1.82) is 0 Å². The van der Waals surface area contributed by atoms with Crippen LogP contribution in [0, 0.1) is 11.8 Å². The van der Waals surface area contributed by atoms with E-state index in [1.807, 2.05) is 41.3 Å². The van der Waals surface area contributed by atoms with Crippen LogP contribution in [0.2, 0.25) is 0 Å². The quantitative estimate of drug-likeness (QED) is 0.741. The average Bonchev–Trinajstić information content (AvgIpc) is 3.00. The minimum atomic E-state index is 0.116. The Morgan fingerprint density at radius 3 is 2.20 bits per heavy atom. The van der Waals surface area contributed by atoms with Crippen LogP contribution >= 0.6 is 0 Å². The lowest BCUT2D eigenvalue weighted by Gasteiger charge is -2.36. The molecule has 0 spiro atoms. The summed E-state index contributed by atoms with van der Waals surface area (Å²) in [6.45, 7) is 3.20. The smallest absolute Gasteiger partial charge is 0.253 e. The number of amides is 2. The van der Waals surface area contributed by atoms with Crippen molar-refractivity contribution in [3.63, 3.8) is 0 Å². The molecule has 2 aliphatic rings. The van der Waals surface area contributed by atoms with E-state index in [2.05, 4.69) is 29.2 Å². The number of likely N-dealkylation sites (tertiary alicyclic amines) is 2. The lowest BCUT2D eigenvalue weighted by molar-refractivity contribution is -0.137. The van der Waals surface area contributed by atoms with Crippen LogP contribution in [0.3, 0.4) is 0 Å². The van der Waals surface area contributed by atoms with Crippen molar-refractivity contribution in [1.82, 2.24) is 9.80 Å². The Morgan fingerprint density at radius 2 is 1.50 bits per heavy atom. The first-order valence-corrected chi connectivity index (χ1v) is 11.4. The number of nitrogens with zero attached hydrogens (tertiary/aromatic N) is 2. The van der Waals surface area contributed by atoms with Crippen LogP contribution in [0.4, 0.5) is 0 Å². The molecule has 2 aromatic carbocycles. The van der Waals surface area contributed by atoms with Gasteiger partial charge in [-0.1, -0.05) is 55.0 Å². The Kier molecular flexibility index (Phi) is 6.83. The normalized spacial score (nSPS) is 20.8. The highest BCUT2D eigenvalue weighted by Gasteiger charge is 2.35. The van der Waals surface area contributed by atoms with Gasteiger partial charge in [0.15, 0.2) is 0 Å². The molecule has 2 heterocycles. The molecule has 4 heteroatoms.